The van der Waals surface area contributed by atoms with Gasteiger partial charge in [-0.1, -0.05) is 6.07 Å². The topological polar surface area (TPSA) is 75.9 Å². The summed E-state index contributed by atoms with van der Waals surface area (Å²) in [5.41, 5.74) is 3.80. The number of aryl methyl sites for hydroxylation is 2. The Morgan fingerprint density at radius 3 is 2.60 bits per heavy atom. The van der Waals surface area contributed by atoms with Gasteiger partial charge in [0.15, 0.2) is 6.61 Å². The van der Waals surface area contributed by atoms with Crippen LogP contribution in [0.1, 0.15) is 16.7 Å². The van der Waals surface area contributed by atoms with Gasteiger partial charge in [-0.2, -0.15) is 0 Å². The second kappa shape index (κ2) is 8.57. The predicted molar refractivity (Wildman–Crippen MR) is 113 cm³/mol. The lowest BCUT2D eigenvalue weighted by atomic mass is 10.0. The summed E-state index contributed by atoms with van der Waals surface area (Å²) in [7, 11) is 0. The number of ether oxygens (including phenoxy) is 1. The number of esters is 1. The largest absolute Gasteiger partial charge is 0.464 e. The lowest BCUT2D eigenvalue weighted by Gasteiger charge is -2.35. The molecule has 7 nitrogen and oxygen atoms in total. The Morgan fingerprint density at radius 2 is 1.87 bits per heavy atom. The summed E-state index contributed by atoms with van der Waals surface area (Å²) in [5.74, 6) is 0.303. The zero-order chi connectivity index (χ0) is 21.1. The molecular formula is C23H25N3O4. The van der Waals surface area contributed by atoms with E-state index in [4.69, 9.17) is 9.15 Å². The second-order valence-electron chi connectivity index (χ2n) is 7.59. The van der Waals surface area contributed by atoms with Crippen molar-refractivity contribution in [2.24, 2.45) is 0 Å². The van der Waals surface area contributed by atoms with Gasteiger partial charge < -0.3 is 19.0 Å². The first-order chi connectivity index (χ1) is 14.5. The van der Waals surface area contributed by atoms with Crippen molar-refractivity contribution in [2.75, 3.05) is 37.7 Å². The summed E-state index contributed by atoms with van der Waals surface area (Å²) >= 11 is 0. The summed E-state index contributed by atoms with van der Waals surface area (Å²) in [4.78, 5) is 32.9. The molecule has 0 atom stereocenters. The number of carbonyl (C=O) groups is 2. The van der Waals surface area contributed by atoms with Crippen molar-refractivity contribution < 1.29 is 18.7 Å². The number of anilines is 1. The smallest absolute Gasteiger partial charge is 0.310 e. The van der Waals surface area contributed by atoms with Gasteiger partial charge in [0.2, 0.25) is 0 Å². The fourth-order valence-electron chi connectivity index (χ4n) is 3.64. The van der Waals surface area contributed by atoms with Gasteiger partial charge in [-0.25, -0.2) is 4.98 Å². The Morgan fingerprint density at radius 1 is 1.10 bits per heavy atom. The van der Waals surface area contributed by atoms with Crippen LogP contribution in [0, 0.1) is 13.8 Å². The fourth-order valence-corrected chi connectivity index (χ4v) is 3.64. The Hall–Kier alpha value is -3.35. The number of nitrogens with zero attached hydrogens (tertiary/aromatic N) is 3. The number of carbonyl (C=O) groups excluding carboxylic acids is 2. The van der Waals surface area contributed by atoms with Crippen molar-refractivity contribution in [3.05, 3.63) is 59.5 Å². The van der Waals surface area contributed by atoms with E-state index in [-0.39, 0.29) is 18.9 Å². The van der Waals surface area contributed by atoms with Crippen LogP contribution in [0.25, 0.3) is 11.0 Å². The van der Waals surface area contributed by atoms with Crippen LogP contribution < -0.4 is 4.90 Å². The van der Waals surface area contributed by atoms with Crippen molar-refractivity contribution >= 4 is 28.7 Å². The van der Waals surface area contributed by atoms with Crippen LogP contribution in [-0.2, 0) is 20.7 Å². The minimum absolute atomic E-state index is 0.0796. The lowest BCUT2D eigenvalue weighted by Crippen LogP contribution is -2.50. The molecule has 0 saturated carbocycles. The van der Waals surface area contributed by atoms with Crippen molar-refractivity contribution in [3.63, 3.8) is 0 Å². The van der Waals surface area contributed by atoms with E-state index in [1.54, 1.807) is 17.4 Å². The average molecular weight is 407 g/mol. The van der Waals surface area contributed by atoms with E-state index in [0.717, 1.165) is 33.5 Å². The molecule has 3 heterocycles. The summed E-state index contributed by atoms with van der Waals surface area (Å²) in [6, 6.07) is 9.77. The molecule has 156 valence electrons. The maximum absolute atomic E-state index is 12.4. The highest BCUT2D eigenvalue weighted by Crippen LogP contribution is 2.25. The normalized spacial score (nSPS) is 14.2. The molecule has 1 aliphatic heterocycles. The summed E-state index contributed by atoms with van der Waals surface area (Å²) < 4.78 is 10.8. The second-order valence-corrected chi connectivity index (χ2v) is 7.59. The summed E-state index contributed by atoms with van der Waals surface area (Å²) in [6.45, 7) is 6.38. The first kappa shape index (κ1) is 19.9. The number of amides is 1. The Balaban J connectivity index is 1.27. The monoisotopic (exact) mass is 407 g/mol. The molecule has 0 radical (unpaired) electrons. The minimum Gasteiger partial charge on any atom is -0.464 e. The predicted octanol–water partition coefficient (Wildman–Crippen LogP) is 2.88. The van der Waals surface area contributed by atoms with E-state index in [2.05, 4.69) is 9.88 Å². The Bertz CT molecular complexity index is 1050. The van der Waals surface area contributed by atoms with Gasteiger partial charge in [-0.15, -0.1) is 0 Å². The van der Waals surface area contributed by atoms with Crippen molar-refractivity contribution in [2.45, 2.75) is 20.3 Å². The van der Waals surface area contributed by atoms with Crippen LogP contribution >= 0.6 is 0 Å². The summed E-state index contributed by atoms with van der Waals surface area (Å²) in [6.07, 6.45) is 3.43. The highest BCUT2D eigenvalue weighted by atomic mass is 16.5. The third kappa shape index (κ3) is 4.30. The Kier molecular flexibility index (Phi) is 5.70. The van der Waals surface area contributed by atoms with Gasteiger partial charge in [0, 0.05) is 43.3 Å². The van der Waals surface area contributed by atoms with E-state index < -0.39 is 5.97 Å². The molecule has 0 N–H and O–H groups in total. The lowest BCUT2D eigenvalue weighted by molar-refractivity contribution is -0.151. The van der Waals surface area contributed by atoms with Gasteiger partial charge in [0.05, 0.1) is 12.7 Å². The molecule has 1 aliphatic rings. The van der Waals surface area contributed by atoms with Crippen LogP contribution in [0.5, 0.6) is 0 Å². The van der Waals surface area contributed by atoms with Crippen LogP contribution in [0.4, 0.5) is 5.82 Å². The minimum atomic E-state index is -0.434. The number of piperazine rings is 1. The quantitative estimate of drug-likeness (QED) is 0.606. The molecule has 0 spiro atoms. The number of furan rings is 1. The highest BCUT2D eigenvalue weighted by Gasteiger charge is 2.23. The van der Waals surface area contributed by atoms with E-state index >= 15 is 0 Å². The number of rotatable bonds is 5. The van der Waals surface area contributed by atoms with Crippen LogP contribution in [-0.4, -0.2) is 54.5 Å². The van der Waals surface area contributed by atoms with Gasteiger partial charge in [-0.3, -0.25) is 9.59 Å². The molecule has 0 bridgehead atoms. The maximum Gasteiger partial charge on any atom is 0.310 e. The van der Waals surface area contributed by atoms with Crippen molar-refractivity contribution in [1.29, 1.82) is 0 Å². The highest BCUT2D eigenvalue weighted by molar-refractivity contribution is 5.87. The van der Waals surface area contributed by atoms with Crippen LogP contribution in [0.2, 0.25) is 0 Å². The van der Waals surface area contributed by atoms with E-state index in [1.165, 1.54) is 0 Å². The van der Waals surface area contributed by atoms with Crippen molar-refractivity contribution in [1.82, 2.24) is 9.88 Å². The SMILES string of the molecule is Cc1cc2occ(CC(=O)OCC(=O)N3CCN(c4ccccn4)CC3)c2cc1C. The van der Waals surface area contributed by atoms with E-state index in [1.807, 2.05) is 44.2 Å². The van der Waals surface area contributed by atoms with Gasteiger partial charge >= 0.3 is 5.97 Å². The fraction of sp³-hybridized carbons (Fsp3) is 0.348. The molecule has 0 unspecified atom stereocenters. The third-order valence-corrected chi connectivity index (χ3v) is 5.57. The van der Waals surface area contributed by atoms with E-state index in [0.29, 0.717) is 26.2 Å². The third-order valence-electron chi connectivity index (χ3n) is 5.57. The molecule has 4 rings (SSSR count). The number of benzene rings is 1. The average Bonchev–Trinajstić information content (AvgIpc) is 3.14. The van der Waals surface area contributed by atoms with Gasteiger partial charge in [-0.05, 0) is 49.2 Å². The molecule has 0 aliphatic carbocycles. The number of aromatic nitrogens is 1. The molecule has 7 heteroatoms. The first-order valence-electron chi connectivity index (χ1n) is 10.1. The van der Waals surface area contributed by atoms with Crippen LogP contribution in [0.3, 0.4) is 0 Å². The molecule has 2 aromatic heterocycles. The molecular weight excluding hydrogens is 382 g/mol. The number of hydrogen-bond donors (Lipinski definition) is 0. The standard InChI is InChI=1S/C23H25N3O4/c1-16-11-19-18(14-29-20(19)12-17(16)2)13-23(28)30-15-22(27)26-9-7-25(8-10-26)21-5-3-4-6-24-21/h3-6,11-12,14H,7-10,13,15H2,1-2H3. The van der Waals surface area contributed by atoms with Crippen molar-refractivity contribution in [3.8, 4) is 0 Å². The molecule has 30 heavy (non-hydrogen) atoms. The zero-order valence-electron chi connectivity index (χ0n) is 17.3. The molecule has 1 fully saturated rings. The number of fused-ring (bicyclic) bond motifs is 1. The van der Waals surface area contributed by atoms with Gasteiger partial charge in [0.25, 0.3) is 5.91 Å². The Labute approximate surface area is 175 Å². The molecule has 1 aromatic carbocycles. The molecule has 1 amide bonds. The number of pyridine rings is 1. The summed E-state index contributed by atoms with van der Waals surface area (Å²) in [5, 5.41) is 0.909. The van der Waals surface area contributed by atoms with Gasteiger partial charge in [0.1, 0.15) is 11.4 Å². The molecule has 3 aromatic rings. The molecule has 1 saturated heterocycles. The first-order valence-corrected chi connectivity index (χ1v) is 10.1. The maximum atomic E-state index is 12.4. The van der Waals surface area contributed by atoms with E-state index in [9.17, 15) is 9.59 Å². The zero-order valence-corrected chi connectivity index (χ0v) is 17.3. The number of hydrogen-bond acceptors (Lipinski definition) is 6. The van der Waals surface area contributed by atoms with Crippen LogP contribution in [0.15, 0.2) is 47.2 Å².